The molecule has 1 aromatic carbocycles. The highest BCUT2D eigenvalue weighted by Crippen LogP contribution is 2.31. The summed E-state index contributed by atoms with van der Waals surface area (Å²) in [5, 5.41) is 0. The molecule has 1 aliphatic rings. The van der Waals surface area contributed by atoms with E-state index in [0.29, 0.717) is 31.5 Å². The Balaban J connectivity index is 2.31. The molecule has 2 rings (SSSR count). The Hall–Kier alpha value is -1.01. The van der Waals surface area contributed by atoms with E-state index < -0.39 is 21.7 Å². The zero-order chi connectivity index (χ0) is 14.0. The van der Waals surface area contributed by atoms with Crippen LogP contribution in [0, 0.1) is 17.6 Å². The number of rotatable bonds is 6. The summed E-state index contributed by atoms with van der Waals surface area (Å²) in [5.74, 6) is -1.36. The van der Waals surface area contributed by atoms with E-state index in [1.165, 1.54) is 4.31 Å². The molecule has 0 unspecified atom stereocenters. The second-order valence-corrected chi connectivity index (χ2v) is 6.85. The minimum atomic E-state index is -3.81. The second-order valence-electron chi connectivity index (χ2n) is 4.91. The van der Waals surface area contributed by atoms with E-state index >= 15 is 0 Å². The molecule has 0 heterocycles. The molecule has 0 aliphatic heterocycles. The quantitative estimate of drug-likeness (QED) is 0.807. The fourth-order valence-electron chi connectivity index (χ4n) is 1.97. The van der Waals surface area contributed by atoms with Crippen LogP contribution in [0.4, 0.5) is 8.78 Å². The van der Waals surface area contributed by atoms with Crippen molar-refractivity contribution in [2.24, 2.45) is 5.92 Å². The van der Waals surface area contributed by atoms with Crippen LogP contribution < -0.4 is 0 Å². The van der Waals surface area contributed by atoms with Gasteiger partial charge in [-0.1, -0.05) is 6.92 Å². The Labute approximate surface area is 112 Å². The van der Waals surface area contributed by atoms with Crippen molar-refractivity contribution in [2.75, 3.05) is 13.1 Å². The van der Waals surface area contributed by atoms with Crippen LogP contribution in [0.5, 0.6) is 0 Å². The molecule has 1 aliphatic carbocycles. The highest BCUT2D eigenvalue weighted by atomic mass is 32.2. The molecular weight excluding hydrogens is 272 g/mol. The van der Waals surface area contributed by atoms with E-state index in [1.54, 1.807) is 0 Å². The Bertz CT molecular complexity index is 536. The van der Waals surface area contributed by atoms with Crippen molar-refractivity contribution in [2.45, 2.75) is 31.1 Å². The number of sulfonamides is 1. The number of hydrogen-bond acceptors (Lipinski definition) is 2. The van der Waals surface area contributed by atoms with Crippen LogP contribution in [0.25, 0.3) is 0 Å². The van der Waals surface area contributed by atoms with Crippen LogP contribution in [0.2, 0.25) is 0 Å². The molecule has 0 spiro atoms. The SMILES string of the molecule is CCCN(CC1CC1)S(=O)(=O)c1cc(F)cc(F)c1. The number of halogens is 2. The van der Waals surface area contributed by atoms with Gasteiger partial charge in [0.2, 0.25) is 10.0 Å². The first-order valence-corrected chi connectivity index (χ1v) is 7.83. The van der Waals surface area contributed by atoms with E-state index in [0.717, 1.165) is 25.0 Å². The minimum Gasteiger partial charge on any atom is -0.207 e. The van der Waals surface area contributed by atoms with Crippen LogP contribution >= 0.6 is 0 Å². The molecule has 0 N–H and O–H groups in total. The summed E-state index contributed by atoms with van der Waals surface area (Å²) in [5.41, 5.74) is 0. The summed E-state index contributed by atoms with van der Waals surface area (Å²) in [4.78, 5) is -0.306. The van der Waals surface area contributed by atoms with E-state index in [1.807, 2.05) is 6.92 Å². The maximum Gasteiger partial charge on any atom is 0.243 e. The lowest BCUT2D eigenvalue weighted by Crippen LogP contribution is -2.33. The third-order valence-electron chi connectivity index (χ3n) is 3.11. The highest BCUT2D eigenvalue weighted by molar-refractivity contribution is 7.89. The fraction of sp³-hybridized carbons (Fsp3) is 0.538. The van der Waals surface area contributed by atoms with E-state index in [9.17, 15) is 17.2 Å². The zero-order valence-electron chi connectivity index (χ0n) is 10.8. The smallest absolute Gasteiger partial charge is 0.207 e. The highest BCUT2D eigenvalue weighted by Gasteiger charge is 2.31. The molecule has 3 nitrogen and oxygen atoms in total. The van der Waals surface area contributed by atoms with Gasteiger partial charge in [0.05, 0.1) is 4.90 Å². The van der Waals surface area contributed by atoms with Crippen molar-refractivity contribution in [3.05, 3.63) is 29.8 Å². The van der Waals surface area contributed by atoms with Crippen molar-refractivity contribution in [1.82, 2.24) is 4.31 Å². The molecule has 1 saturated carbocycles. The zero-order valence-corrected chi connectivity index (χ0v) is 11.6. The third-order valence-corrected chi connectivity index (χ3v) is 4.95. The first-order valence-electron chi connectivity index (χ1n) is 6.39. The number of nitrogens with zero attached hydrogens (tertiary/aromatic N) is 1. The van der Waals surface area contributed by atoms with Gasteiger partial charge < -0.3 is 0 Å². The lowest BCUT2D eigenvalue weighted by atomic mass is 10.3. The second kappa shape index (κ2) is 5.54. The first kappa shape index (κ1) is 14.4. The molecule has 106 valence electrons. The largest absolute Gasteiger partial charge is 0.243 e. The van der Waals surface area contributed by atoms with Gasteiger partial charge in [-0.2, -0.15) is 4.31 Å². The van der Waals surface area contributed by atoms with Crippen molar-refractivity contribution in [3.8, 4) is 0 Å². The molecule has 1 aromatic rings. The summed E-state index contributed by atoms with van der Waals surface area (Å²) in [6.07, 6.45) is 2.71. The third kappa shape index (κ3) is 3.51. The van der Waals surface area contributed by atoms with Gasteiger partial charge in [-0.05, 0) is 37.3 Å². The number of hydrogen-bond donors (Lipinski definition) is 0. The van der Waals surface area contributed by atoms with Crippen LogP contribution in [0.1, 0.15) is 26.2 Å². The maximum atomic E-state index is 13.2. The average Bonchev–Trinajstić information content (AvgIpc) is 3.11. The molecular formula is C13H17F2NO2S. The lowest BCUT2D eigenvalue weighted by Gasteiger charge is -2.21. The Morgan fingerprint density at radius 3 is 2.26 bits per heavy atom. The van der Waals surface area contributed by atoms with E-state index in [2.05, 4.69) is 0 Å². The Morgan fingerprint density at radius 1 is 1.21 bits per heavy atom. The summed E-state index contributed by atoms with van der Waals surface area (Å²) in [6, 6.07) is 2.41. The van der Waals surface area contributed by atoms with Gasteiger partial charge in [0.15, 0.2) is 0 Å². The Morgan fingerprint density at radius 2 is 1.79 bits per heavy atom. The van der Waals surface area contributed by atoms with Crippen LogP contribution in [-0.2, 0) is 10.0 Å². The first-order chi connectivity index (χ1) is 8.93. The van der Waals surface area contributed by atoms with Gasteiger partial charge >= 0.3 is 0 Å². The van der Waals surface area contributed by atoms with Gasteiger partial charge in [-0.15, -0.1) is 0 Å². The molecule has 0 atom stereocenters. The molecule has 0 radical (unpaired) electrons. The summed E-state index contributed by atoms with van der Waals surface area (Å²) in [7, 11) is -3.81. The van der Waals surface area contributed by atoms with Gasteiger partial charge in [0.25, 0.3) is 0 Å². The average molecular weight is 289 g/mol. The van der Waals surface area contributed by atoms with Crippen LogP contribution in [0.15, 0.2) is 23.1 Å². The summed E-state index contributed by atoms with van der Waals surface area (Å²) >= 11 is 0. The van der Waals surface area contributed by atoms with E-state index in [-0.39, 0.29) is 4.90 Å². The van der Waals surface area contributed by atoms with Gasteiger partial charge in [0, 0.05) is 19.2 Å². The standard InChI is InChI=1S/C13H17F2NO2S/c1-2-5-16(9-10-3-4-10)19(17,18)13-7-11(14)6-12(15)8-13/h6-8,10H,2-5,9H2,1H3. The molecule has 0 aromatic heterocycles. The molecule has 0 amide bonds. The predicted molar refractivity (Wildman–Crippen MR) is 68.1 cm³/mol. The molecule has 1 fully saturated rings. The number of benzene rings is 1. The molecule has 6 heteroatoms. The predicted octanol–water partition coefficient (Wildman–Crippen LogP) is 2.78. The Kier molecular flexibility index (Phi) is 4.20. The topological polar surface area (TPSA) is 37.4 Å². The maximum absolute atomic E-state index is 13.2. The van der Waals surface area contributed by atoms with Gasteiger partial charge in [-0.3, -0.25) is 0 Å². The normalized spacial score (nSPS) is 16.0. The van der Waals surface area contributed by atoms with Crippen molar-refractivity contribution >= 4 is 10.0 Å². The summed E-state index contributed by atoms with van der Waals surface area (Å²) in [6.45, 7) is 2.69. The minimum absolute atomic E-state index is 0.306. The summed E-state index contributed by atoms with van der Waals surface area (Å²) < 4.78 is 52.4. The van der Waals surface area contributed by atoms with Crippen molar-refractivity contribution < 1.29 is 17.2 Å². The van der Waals surface area contributed by atoms with Crippen LogP contribution in [0.3, 0.4) is 0 Å². The van der Waals surface area contributed by atoms with E-state index in [4.69, 9.17) is 0 Å². The molecule has 0 bridgehead atoms. The van der Waals surface area contributed by atoms with Gasteiger partial charge in [-0.25, -0.2) is 17.2 Å². The monoisotopic (exact) mass is 289 g/mol. The fourth-order valence-corrected chi connectivity index (χ4v) is 3.63. The lowest BCUT2D eigenvalue weighted by molar-refractivity contribution is 0.395. The molecule has 19 heavy (non-hydrogen) atoms. The van der Waals surface area contributed by atoms with Crippen molar-refractivity contribution in [3.63, 3.8) is 0 Å². The van der Waals surface area contributed by atoms with Crippen molar-refractivity contribution in [1.29, 1.82) is 0 Å². The van der Waals surface area contributed by atoms with Crippen LogP contribution in [-0.4, -0.2) is 25.8 Å². The molecule has 0 saturated heterocycles. The van der Waals surface area contributed by atoms with Gasteiger partial charge in [0.1, 0.15) is 11.6 Å².